The van der Waals surface area contributed by atoms with Crippen LogP contribution in [0.5, 0.6) is 0 Å². The van der Waals surface area contributed by atoms with E-state index < -0.39 is 0 Å². The van der Waals surface area contributed by atoms with Gasteiger partial charge in [-0.05, 0) is 19.1 Å². The largest absolute Gasteiger partial charge is 0.336 e. The number of hydrogen-bond donors (Lipinski definition) is 2. The van der Waals surface area contributed by atoms with Gasteiger partial charge in [0.1, 0.15) is 0 Å². The van der Waals surface area contributed by atoms with E-state index in [0.717, 1.165) is 5.69 Å². The third-order valence-corrected chi connectivity index (χ3v) is 1.10. The van der Waals surface area contributed by atoms with E-state index >= 15 is 0 Å². The summed E-state index contributed by atoms with van der Waals surface area (Å²) < 4.78 is 0.375. The highest BCUT2D eigenvalue weighted by Crippen LogP contribution is 1.81. The van der Waals surface area contributed by atoms with Gasteiger partial charge in [-0.25, -0.2) is 0 Å². The van der Waals surface area contributed by atoms with Crippen molar-refractivity contribution >= 4 is 12.2 Å². The Labute approximate surface area is 58.2 Å². The Morgan fingerprint density at radius 2 is 2.33 bits per heavy atom. The number of aryl methyl sites for hydroxylation is 1. The van der Waals surface area contributed by atoms with Gasteiger partial charge in [-0.15, -0.1) is 0 Å². The molecule has 0 bridgehead atoms. The molecule has 9 heavy (non-hydrogen) atoms. The van der Waals surface area contributed by atoms with Crippen LogP contribution in [0.3, 0.4) is 0 Å². The first-order valence-electron chi connectivity index (χ1n) is 2.49. The van der Waals surface area contributed by atoms with E-state index in [1.807, 2.05) is 0 Å². The van der Waals surface area contributed by atoms with E-state index in [1.54, 1.807) is 6.92 Å². The van der Waals surface area contributed by atoms with Gasteiger partial charge in [-0.3, -0.25) is 9.78 Å². The van der Waals surface area contributed by atoms with Crippen molar-refractivity contribution in [2.24, 2.45) is 0 Å². The number of aromatic amines is 2. The molecule has 0 aliphatic carbocycles. The molecule has 1 aromatic heterocycles. The molecule has 0 radical (unpaired) electrons. The second-order valence-electron chi connectivity index (χ2n) is 1.77. The molecule has 3 nitrogen and oxygen atoms in total. The molecule has 0 spiro atoms. The fourth-order valence-electron chi connectivity index (χ4n) is 0.591. The van der Waals surface area contributed by atoms with Crippen LogP contribution < -0.4 is 5.56 Å². The predicted molar refractivity (Wildman–Crippen MR) is 39.1 cm³/mol. The second-order valence-corrected chi connectivity index (χ2v) is 2.18. The maximum atomic E-state index is 10.6. The minimum absolute atomic E-state index is 0. The molecule has 0 aliphatic rings. The summed E-state index contributed by atoms with van der Waals surface area (Å²) >= 11 is 4.68. The lowest BCUT2D eigenvalue weighted by atomic mass is 10.5. The molecular formula is C5H8N2OS. The molecule has 0 saturated heterocycles. The average molecular weight is 144 g/mol. The quantitative estimate of drug-likeness (QED) is 0.533. The Hall–Kier alpha value is -0.900. The molecule has 50 valence electrons. The van der Waals surface area contributed by atoms with Gasteiger partial charge in [0.25, 0.3) is 5.56 Å². The zero-order valence-corrected chi connectivity index (χ0v) is 5.71. The van der Waals surface area contributed by atoms with Gasteiger partial charge in [0.2, 0.25) is 0 Å². The minimum atomic E-state index is -0.156. The van der Waals surface area contributed by atoms with E-state index in [2.05, 4.69) is 22.2 Å². The van der Waals surface area contributed by atoms with Crippen LogP contribution in [0.2, 0.25) is 0 Å². The van der Waals surface area contributed by atoms with Gasteiger partial charge in [0, 0.05) is 13.2 Å². The Bertz CT molecular complexity index is 288. The number of aromatic nitrogens is 2. The number of nitrogens with one attached hydrogen (secondary N) is 2. The van der Waals surface area contributed by atoms with Gasteiger partial charge in [0.05, 0.1) is 0 Å². The maximum absolute atomic E-state index is 10.6. The lowest BCUT2D eigenvalue weighted by molar-refractivity contribution is 1.04. The van der Waals surface area contributed by atoms with Gasteiger partial charge in [-0.2, -0.15) is 0 Å². The number of rotatable bonds is 0. The molecule has 0 amide bonds. The first kappa shape index (κ1) is 6.22. The van der Waals surface area contributed by atoms with Crippen LogP contribution in [0.4, 0.5) is 0 Å². The summed E-state index contributed by atoms with van der Waals surface area (Å²) in [5.41, 5.74) is 0.625. The zero-order chi connectivity index (χ0) is 6.85. The van der Waals surface area contributed by atoms with Crippen LogP contribution in [0.15, 0.2) is 10.9 Å². The lowest BCUT2D eigenvalue weighted by Gasteiger charge is -1.87. The summed E-state index contributed by atoms with van der Waals surface area (Å²) in [7, 11) is 0. The average Bonchev–Trinajstić information content (AvgIpc) is 1.59. The van der Waals surface area contributed by atoms with Crippen molar-refractivity contribution < 1.29 is 1.43 Å². The summed E-state index contributed by atoms with van der Waals surface area (Å²) in [5, 5.41) is 0. The Morgan fingerprint density at radius 1 is 1.67 bits per heavy atom. The molecule has 0 aliphatic heterocycles. The molecule has 0 unspecified atom stereocenters. The summed E-state index contributed by atoms with van der Waals surface area (Å²) in [5.74, 6) is 0. The third-order valence-electron chi connectivity index (χ3n) is 0.895. The number of hydrogen-bond acceptors (Lipinski definition) is 2. The molecule has 4 heteroatoms. The van der Waals surface area contributed by atoms with Gasteiger partial charge in [-0.1, -0.05) is 0 Å². The van der Waals surface area contributed by atoms with Crippen molar-refractivity contribution in [1.29, 1.82) is 0 Å². The fourth-order valence-corrected chi connectivity index (χ4v) is 0.853. The predicted octanol–water partition coefficient (Wildman–Crippen LogP) is 0.987. The van der Waals surface area contributed by atoms with Gasteiger partial charge in [0.15, 0.2) is 4.77 Å². The van der Waals surface area contributed by atoms with Crippen LogP contribution >= 0.6 is 12.2 Å². The van der Waals surface area contributed by atoms with Gasteiger partial charge < -0.3 is 4.98 Å². The van der Waals surface area contributed by atoms with Crippen molar-refractivity contribution in [2.45, 2.75) is 6.92 Å². The molecule has 1 rings (SSSR count). The summed E-state index contributed by atoms with van der Waals surface area (Å²) in [4.78, 5) is 15.8. The molecule has 0 atom stereocenters. The highest BCUT2D eigenvalue weighted by Gasteiger charge is 1.83. The summed E-state index contributed by atoms with van der Waals surface area (Å²) in [6.07, 6.45) is 0. The minimum Gasteiger partial charge on any atom is -0.336 e. The van der Waals surface area contributed by atoms with E-state index in [4.69, 9.17) is 0 Å². The summed E-state index contributed by atoms with van der Waals surface area (Å²) in [6, 6.07) is 1.45. The lowest BCUT2D eigenvalue weighted by Crippen LogP contribution is -2.05. The normalized spacial score (nSPS) is 9.44. The van der Waals surface area contributed by atoms with Crippen molar-refractivity contribution in [2.75, 3.05) is 0 Å². The highest BCUT2D eigenvalue weighted by atomic mass is 32.1. The van der Waals surface area contributed by atoms with Crippen molar-refractivity contribution in [3.05, 3.63) is 26.9 Å². The molecule has 0 fully saturated rings. The molecule has 0 aromatic carbocycles. The van der Waals surface area contributed by atoms with E-state index in [0.29, 0.717) is 4.77 Å². The third kappa shape index (κ3) is 1.50. The van der Waals surface area contributed by atoms with E-state index in [-0.39, 0.29) is 6.99 Å². The van der Waals surface area contributed by atoms with E-state index in [9.17, 15) is 4.79 Å². The summed E-state index contributed by atoms with van der Waals surface area (Å²) in [6.45, 7) is 1.78. The molecule has 0 saturated carbocycles. The first-order valence-corrected chi connectivity index (χ1v) is 2.89. The van der Waals surface area contributed by atoms with Crippen LogP contribution in [0.1, 0.15) is 7.12 Å². The van der Waals surface area contributed by atoms with Gasteiger partial charge >= 0.3 is 0 Å². The van der Waals surface area contributed by atoms with Crippen LogP contribution in [0.25, 0.3) is 0 Å². The first-order chi connectivity index (χ1) is 4.18. The monoisotopic (exact) mass is 144 g/mol. The zero-order valence-electron chi connectivity index (χ0n) is 4.89. The smallest absolute Gasteiger partial charge is 0.251 e. The molecule has 2 N–H and O–H groups in total. The Balaban J connectivity index is 0.000000810. The standard InChI is InChI=1S/C5H6N2OS.H2/c1-3-2-4(8)7-5(9)6-3;/h2H,1H3,(H2,6,7,8,9);1H. The highest BCUT2D eigenvalue weighted by molar-refractivity contribution is 7.71. The fraction of sp³-hybridized carbons (Fsp3) is 0.200. The second kappa shape index (κ2) is 2.14. The topological polar surface area (TPSA) is 48.6 Å². The SMILES string of the molecule is Cc1cc(=O)[nH]c(=S)[nH]1.[HH]. The Kier molecular flexibility index (Phi) is 1.48. The van der Waals surface area contributed by atoms with Crippen molar-refractivity contribution in [3.63, 3.8) is 0 Å². The van der Waals surface area contributed by atoms with E-state index in [1.165, 1.54) is 6.07 Å². The van der Waals surface area contributed by atoms with Crippen LogP contribution in [-0.2, 0) is 0 Å². The number of H-pyrrole nitrogens is 2. The molecule has 1 heterocycles. The van der Waals surface area contributed by atoms with Crippen LogP contribution in [-0.4, -0.2) is 9.97 Å². The maximum Gasteiger partial charge on any atom is 0.251 e. The molecule has 1 aromatic rings. The van der Waals surface area contributed by atoms with Crippen LogP contribution in [0, 0.1) is 11.7 Å². The van der Waals surface area contributed by atoms with Crippen molar-refractivity contribution in [3.8, 4) is 0 Å². The Morgan fingerprint density at radius 3 is 2.78 bits per heavy atom. The van der Waals surface area contributed by atoms with Crippen molar-refractivity contribution in [1.82, 2.24) is 9.97 Å². The molecular weight excluding hydrogens is 136 g/mol.